The fourth-order valence-corrected chi connectivity index (χ4v) is 3.99. The van der Waals surface area contributed by atoms with Crippen LogP contribution in [-0.2, 0) is 11.3 Å². The number of carbonyl (C=O) groups is 2. The van der Waals surface area contributed by atoms with E-state index in [2.05, 4.69) is 45.1 Å². The summed E-state index contributed by atoms with van der Waals surface area (Å²) in [5, 5.41) is 8.56. The van der Waals surface area contributed by atoms with Gasteiger partial charge in [0.05, 0.1) is 11.4 Å². The minimum Gasteiger partial charge on any atom is -0.369 e. The van der Waals surface area contributed by atoms with Gasteiger partial charge in [0.15, 0.2) is 5.78 Å². The number of hydrogen-bond acceptors (Lipinski definition) is 6. The molecule has 2 N–H and O–H groups in total. The molecule has 2 aromatic carbocycles. The Balaban J connectivity index is 1.34. The first-order valence-electron chi connectivity index (χ1n) is 11.5. The zero-order chi connectivity index (χ0) is 24.5. The van der Waals surface area contributed by atoms with Crippen LogP contribution in [0.4, 0.5) is 5.69 Å². The van der Waals surface area contributed by atoms with E-state index in [4.69, 9.17) is 5.21 Å². The molecule has 1 saturated heterocycles. The number of anilines is 1. The summed E-state index contributed by atoms with van der Waals surface area (Å²) in [6.45, 7) is 4.73. The van der Waals surface area contributed by atoms with Gasteiger partial charge in [-0.05, 0) is 54.1 Å². The first-order valence-corrected chi connectivity index (χ1v) is 11.5. The highest BCUT2D eigenvalue weighted by Gasteiger charge is 2.17. The maximum Gasteiger partial charge on any atom is 0.267 e. The minimum absolute atomic E-state index is 0.0943. The number of rotatable bonds is 8. The Hall–Kier alpha value is -4.07. The highest BCUT2D eigenvalue weighted by molar-refractivity contribution is 6.06. The highest BCUT2D eigenvalue weighted by Crippen LogP contribution is 2.17. The van der Waals surface area contributed by atoms with Crippen LogP contribution in [0.2, 0.25) is 0 Å². The summed E-state index contributed by atoms with van der Waals surface area (Å²) in [6.07, 6.45) is 5.82. The topological polar surface area (TPSA) is 85.8 Å². The maximum atomic E-state index is 12.8. The van der Waals surface area contributed by atoms with Crippen LogP contribution in [0.1, 0.15) is 27.3 Å². The second-order valence-corrected chi connectivity index (χ2v) is 8.29. The summed E-state index contributed by atoms with van der Waals surface area (Å²) in [6, 6.07) is 23.5. The van der Waals surface area contributed by atoms with E-state index in [-0.39, 0.29) is 5.78 Å². The summed E-state index contributed by atoms with van der Waals surface area (Å²) in [7, 11) is 0. The number of allylic oxidation sites excluding steroid dienone is 1. The lowest BCUT2D eigenvalue weighted by Crippen LogP contribution is -2.45. The Morgan fingerprint density at radius 3 is 2.26 bits per heavy atom. The van der Waals surface area contributed by atoms with E-state index in [0.29, 0.717) is 17.0 Å². The second-order valence-electron chi connectivity index (χ2n) is 8.29. The Morgan fingerprint density at radius 2 is 1.54 bits per heavy atom. The predicted octanol–water partition coefficient (Wildman–Crippen LogP) is 3.82. The average molecular weight is 469 g/mol. The van der Waals surface area contributed by atoms with Gasteiger partial charge in [-0.1, -0.05) is 42.5 Å². The van der Waals surface area contributed by atoms with Crippen LogP contribution < -0.4 is 10.4 Å². The van der Waals surface area contributed by atoms with E-state index in [9.17, 15) is 9.59 Å². The largest absolute Gasteiger partial charge is 0.369 e. The number of carbonyl (C=O) groups excluding carboxylic acids is 2. The van der Waals surface area contributed by atoms with Crippen molar-refractivity contribution < 1.29 is 14.8 Å². The van der Waals surface area contributed by atoms with E-state index in [1.165, 1.54) is 29.4 Å². The molecule has 4 rings (SSSR count). The van der Waals surface area contributed by atoms with Crippen molar-refractivity contribution >= 4 is 29.5 Å². The lowest BCUT2D eigenvalue weighted by molar-refractivity contribution is -0.124. The SMILES string of the molecule is O=C(C=Cc1cccc(C=CC(=O)c2cccc(CN3CCN(c4ccccc4)CC3)c2)n1)NO. The molecule has 0 atom stereocenters. The van der Waals surface area contributed by atoms with Crippen LogP contribution in [0.3, 0.4) is 0 Å². The zero-order valence-electron chi connectivity index (χ0n) is 19.4. The maximum absolute atomic E-state index is 12.8. The number of nitrogens with one attached hydrogen (secondary N) is 1. The molecule has 0 unspecified atom stereocenters. The van der Waals surface area contributed by atoms with Crippen molar-refractivity contribution in [1.82, 2.24) is 15.4 Å². The van der Waals surface area contributed by atoms with Crippen molar-refractivity contribution in [2.24, 2.45) is 0 Å². The van der Waals surface area contributed by atoms with Crippen LogP contribution in [0.25, 0.3) is 12.2 Å². The van der Waals surface area contributed by atoms with Gasteiger partial charge in [-0.2, -0.15) is 0 Å². The first-order chi connectivity index (χ1) is 17.1. The molecule has 1 aliphatic heterocycles. The molecule has 0 saturated carbocycles. The molecule has 7 heteroatoms. The number of para-hydroxylation sites is 1. The average Bonchev–Trinajstić information content (AvgIpc) is 2.91. The van der Waals surface area contributed by atoms with Gasteiger partial charge in [0.2, 0.25) is 0 Å². The molecule has 1 amide bonds. The lowest BCUT2D eigenvalue weighted by atomic mass is 10.1. The number of benzene rings is 2. The summed E-state index contributed by atoms with van der Waals surface area (Å²) in [5.74, 6) is -0.732. The van der Waals surface area contributed by atoms with Gasteiger partial charge >= 0.3 is 0 Å². The van der Waals surface area contributed by atoms with Gasteiger partial charge in [0.25, 0.3) is 5.91 Å². The van der Waals surface area contributed by atoms with Crippen molar-refractivity contribution in [1.29, 1.82) is 0 Å². The van der Waals surface area contributed by atoms with Gasteiger partial charge in [-0.15, -0.1) is 0 Å². The van der Waals surface area contributed by atoms with Crippen molar-refractivity contribution in [2.45, 2.75) is 6.54 Å². The number of nitrogens with zero attached hydrogens (tertiary/aromatic N) is 3. The number of hydroxylamine groups is 1. The molecule has 7 nitrogen and oxygen atoms in total. The number of pyridine rings is 1. The Kier molecular flexibility index (Phi) is 8.17. The van der Waals surface area contributed by atoms with Gasteiger partial charge in [0.1, 0.15) is 0 Å². The van der Waals surface area contributed by atoms with E-state index < -0.39 is 5.91 Å². The van der Waals surface area contributed by atoms with E-state index >= 15 is 0 Å². The van der Waals surface area contributed by atoms with E-state index in [1.54, 1.807) is 24.3 Å². The Bertz CT molecular complexity index is 1220. The third kappa shape index (κ3) is 6.96. The Morgan fingerprint density at radius 1 is 0.857 bits per heavy atom. The molecule has 35 heavy (non-hydrogen) atoms. The second kappa shape index (κ2) is 11.9. The molecule has 1 aromatic heterocycles. The van der Waals surface area contributed by atoms with Crippen LogP contribution in [-0.4, -0.2) is 53.0 Å². The fraction of sp³-hybridized carbons (Fsp3) is 0.179. The number of piperazine rings is 1. The number of aromatic nitrogens is 1. The van der Waals surface area contributed by atoms with Gasteiger partial charge in [-0.25, -0.2) is 10.5 Å². The van der Waals surface area contributed by atoms with Crippen LogP contribution in [0.5, 0.6) is 0 Å². The molecular formula is C28H28N4O3. The zero-order valence-corrected chi connectivity index (χ0v) is 19.4. The van der Waals surface area contributed by atoms with Crippen molar-refractivity contribution in [3.63, 3.8) is 0 Å². The molecule has 0 bridgehead atoms. The van der Waals surface area contributed by atoms with E-state index in [1.807, 2.05) is 24.3 Å². The third-order valence-electron chi connectivity index (χ3n) is 5.82. The molecular weight excluding hydrogens is 440 g/mol. The molecule has 0 aliphatic carbocycles. The molecule has 3 aromatic rings. The van der Waals surface area contributed by atoms with Gasteiger partial charge in [-0.3, -0.25) is 19.7 Å². The fourth-order valence-electron chi connectivity index (χ4n) is 3.99. The molecule has 2 heterocycles. The smallest absolute Gasteiger partial charge is 0.267 e. The van der Waals surface area contributed by atoms with Crippen LogP contribution in [0, 0.1) is 0 Å². The minimum atomic E-state index is -0.638. The summed E-state index contributed by atoms with van der Waals surface area (Å²) >= 11 is 0. The number of amides is 1. The predicted molar refractivity (Wildman–Crippen MR) is 137 cm³/mol. The molecule has 178 valence electrons. The normalized spacial score (nSPS) is 14.5. The highest BCUT2D eigenvalue weighted by atomic mass is 16.5. The molecule has 0 radical (unpaired) electrons. The molecule has 1 aliphatic rings. The molecule has 0 spiro atoms. The quantitative estimate of drug-likeness (QED) is 0.226. The van der Waals surface area contributed by atoms with Crippen molar-refractivity contribution in [3.8, 4) is 0 Å². The monoisotopic (exact) mass is 468 g/mol. The summed E-state index contributed by atoms with van der Waals surface area (Å²) in [4.78, 5) is 33.1. The van der Waals surface area contributed by atoms with Crippen molar-refractivity contribution in [3.05, 3.63) is 107 Å². The van der Waals surface area contributed by atoms with Gasteiger partial charge in [0, 0.05) is 50.1 Å². The number of hydrogen-bond donors (Lipinski definition) is 2. The summed E-state index contributed by atoms with van der Waals surface area (Å²) in [5.41, 5.74) is 5.68. The lowest BCUT2D eigenvalue weighted by Gasteiger charge is -2.36. The number of ketones is 1. The van der Waals surface area contributed by atoms with Crippen molar-refractivity contribution in [2.75, 3.05) is 31.1 Å². The Labute approximate surface area is 205 Å². The van der Waals surface area contributed by atoms with Crippen LogP contribution in [0.15, 0.2) is 84.9 Å². The standard InChI is InChI=1S/C28H28N4O3/c33-27(14-12-24-8-5-9-25(29-24)13-15-28(34)30-35)23-7-4-6-22(20-23)21-31-16-18-32(19-17-31)26-10-2-1-3-11-26/h1-15,20,35H,16-19,21H2,(H,30,34). The summed E-state index contributed by atoms with van der Waals surface area (Å²) < 4.78 is 0. The van der Waals surface area contributed by atoms with E-state index in [0.717, 1.165) is 38.3 Å². The third-order valence-corrected chi connectivity index (χ3v) is 5.82. The first kappa shape index (κ1) is 24.1. The molecule has 1 fully saturated rings. The van der Waals surface area contributed by atoms with Gasteiger partial charge < -0.3 is 4.90 Å². The van der Waals surface area contributed by atoms with Crippen LogP contribution >= 0.6 is 0 Å².